The summed E-state index contributed by atoms with van der Waals surface area (Å²) in [7, 11) is 0. The second-order valence-corrected chi connectivity index (χ2v) is 3.62. The maximum atomic E-state index is 3.83. The molecule has 0 saturated carbocycles. The molecule has 1 heterocycles. The summed E-state index contributed by atoms with van der Waals surface area (Å²) in [6.07, 6.45) is 2.05. The molecule has 2 heteroatoms. The molecule has 0 aromatic heterocycles. The van der Waals surface area contributed by atoms with Crippen LogP contribution in [0.2, 0.25) is 0 Å². The highest BCUT2D eigenvalue weighted by molar-refractivity contribution is 4.86. The highest BCUT2D eigenvalue weighted by Gasteiger charge is 2.19. The zero-order chi connectivity index (χ0) is 8.97. The van der Waals surface area contributed by atoms with E-state index in [1.807, 2.05) is 6.08 Å². The molecule has 2 nitrogen and oxygen atoms in total. The van der Waals surface area contributed by atoms with Crippen molar-refractivity contribution in [1.29, 1.82) is 0 Å². The molecular formula is C10H20N2. The highest BCUT2D eigenvalue weighted by Crippen LogP contribution is 2.11. The number of piperazine rings is 1. The molecule has 1 unspecified atom stereocenters. The molecular weight excluding hydrogens is 148 g/mol. The molecule has 1 rings (SSSR count). The average Bonchev–Trinajstić information content (AvgIpc) is 2.17. The summed E-state index contributed by atoms with van der Waals surface area (Å²) in [4.78, 5) is 2.53. The van der Waals surface area contributed by atoms with Gasteiger partial charge in [0.05, 0.1) is 0 Å². The lowest BCUT2D eigenvalue weighted by atomic mass is 10.0. The zero-order valence-corrected chi connectivity index (χ0v) is 8.21. The second-order valence-electron chi connectivity index (χ2n) is 3.62. The van der Waals surface area contributed by atoms with Gasteiger partial charge in [-0.05, 0) is 12.8 Å². The molecule has 1 saturated heterocycles. The number of nitrogens with zero attached hydrogens (tertiary/aromatic N) is 1. The third-order valence-electron chi connectivity index (χ3n) is 2.86. The summed E-state index contributed by atoms with van der Waals surface area (Å²) in [5.41, 5.74) is 0. The molecule has 1 N–H and O–H groups in total. The Morgan fingerprint density at radius 2 is 1.92 bits per heavy atom. The van der Waals surface area contributed by atoms with Gasteiger partial charge in [-0.25, -0.2) is 0 Å². The Hall–Kier alpha value is -0.340. The van der Waals surface area contributed by atoms with Gasteiger partial charge in [-0.15, -0.1) is 6.58 Å². The van der Waals surface area contributed by atoms with Gasteiger partial charge >= 0.3 is 0 Å². The molecule has 1 aliphatic rings. The van der Waals surface area contributed by atoms with Crippen LogP contribution < -0.4 is 5.32 Å². The maximum Gasteiger partial charge on any atom is 0.0128 e. The Morgan fingerprint density at radius 3 is 2.42 bits per heavy atom. The summed E-state index contributed by atoms with van der Waals surface area (Å²) in [5, 5.41) is 3.36. The molecule has 12 heavy (non-hydrogen) atoms. The molecule has 2 atom stereocenters. The van der Waals surface area contributed by atoms with E-state index >= 15 is 0 Å². The van der Waals surface area contributed by atoms with Gasteiger partial charge in [0.25, 0.3) is 0 Å². The Morgan fingerprint density at radius 1 is 1.33 bits per heavy atom. The summed E-state index contributed by atoms with van der Waals surface area (Å²) >= 11 is 0. The first-order chi connectivity index (χ1) is 5.75. The van der Waals surface area contributed by atoms with Crippen LogP contribution in [0.3, 0.4) is 0 Å². The monoisotopic (exact) mass is 168 g/mol. The number of hydrogen-bond acceptors (Lipinski definition) is 2. The minimum Gasteiger partial charge on any atom is -0.314 e. The van der Waals surface area contributed by atoms with E-state index < -0.39 is 0 Å². The molecule has 0 radical (unpaired) electrons. The predicted octanol–water partition coefficient (Wildman–Crippen LogP) is 1.10. The summed E-state index contributed by atoms with van der Waals surface area (Å²) in [6.45, 7) is 13.0. The van der Waals surface area contributed by atoms with E-state index in [0.717, 1.165) is 13.1 Å². The fraction of sp³-hybridized carbons (Fsp3) is 0.800. The van der Waals surface area contributed by atoms with Crippen molar-refractivity contribution >= 4 is 0 Å². The van der Waals surface area contributed by atoms with Crippen LogP contribution >= 0.6 is 0 Å². The van der Waals surface area contributed by atoms with Gasteiger partial charge in [0.15, 0.2) is 0 Å². The van der Waals surface area contributed by atoms with Crippen LogP contribution in [0.5, 0.6) is 0 Å². The zero-order valence-electron chi connectivity index (χ0n) is 8.21. The molecule has 0 aromatic carbocycles. The van der Waals surface area contributed by atoms with Crippen molar-refractivity contribution in [2.45, 2.75) is 19.9 Å². The average molecular weight is 168 g/mol. The second kappa shape index (κ2) is 4.63. The predicted molar refractivity (Wildman–Crippen MR) is 53.3 cm³/mol. The van der Waals surface area contributed by atoms with Crippen LogP contribution in [0.1, 0.15) is 13.8 Å². The summed E-state index contributed by atoms with van der Waals surface area (Å²) in [5.74, 6) is 0.600. The van der Waals surface area contributed by atoms with Gasteiger partial charge in [0, 0.05) is 32.2 Å². The lowest BCUT2D eigenvalue weighted by molar-refractivity contribution is 0.158. The highest BCUT2D eigenvalue weighted by atomic mass is 15.2. The first kappa shape index (κ1) is 9.75. The first-order valence-electron chi connectivity index (χ1n) is 4.83. The molecule has 0 amide bonds. The number of rotatable bonds is 3. The molecule has 0 aromatic rings. The third-order valence-corrected chi connectivity index (χ3v) is 2.86. The molecule has 0 bridgehead atoms. The van der Waals surface area contributed by atoms with Crippen molar-refractivity contribution in [3.8, 4) is 0 Å². The van der Waals surface area contributed by atoms with Crippen molar-refractivity contribution in [3.63, 3.8) is 0 Å². The Kier molecular flexibility index (Phi) is 3.76. The topological polar surface area (TPSA) is 15.3 Å². The van der Waals surface area contributed by atoms with Crippen molar-refractivity contribution in [2.24, 2.45) is 5.92 Å². The number of nitrogens with one attached hydrogen (secondary N) is 1. The fourth-order valence-electron chi connectivity index (χ4n) is 1.62. The Bertz CT molecular complexity index is 139. The van der Waals surface area contributed by atoms with E-state index in [1.54, 1.807) is 0 Å². The SMILES string of the molecule is C=CC(C)[C@@H](C)N1CCNCC1. The van der Waals surface area contributed by atoms with E-state index in [-0.39, 0.29) is 0 Å². The molecule has 70 valence electrons. The van der Waals surface area contributed by atoms with Crippen LogP contribution in [-0.2, 0) is 0 Å². The Balaban J connectivity index is 2.38. The maximum absolute atomic E-state index is 3.83. The van der Waals surface area contributed by atoms with E-state index in [2.05, 4.69) is 30.6 Å². The first-order valence-corrected chi connectivity index (χ1v) is 4.83. The van der Waals surface area contributed by atoms with E-state index in [4.69, 9.17) is 0 Å². The summed E-state index contributed by atoms with van der Waals surface area (Å²) < 4.78 is 0. The minimum absolute atomic E-state index is 0.600. The van der Waals surface area contributed by atoms with Crippen LogP contribution in [0.25, 0.3) is 0 Å². The normalized spacial score (nSPS) is 24.8. The van der Waals surface area contributed by atoms with Crippen molar-refractivity contribution < 1.29 is 0 Å². The van der Waals surface area contributed by atoms with Gasteiger partial charge in [-0.1, -0.05) is 13.0 Å². The van der Waals surface area contributed by atoms with Crippen molar-refractivity contribution in [3.05, 3.63) is 12.7 Å². The van der Waals surface area contributed by atoms with Gasteiger partial charge in [0.1, 0.15) is 0 Å². The van der Waals surface area contributed by atoms with E-state index in [9.17, 15) is 0 Å². The Labute approximate surface area is 75.6 Å². The summed E-state index contributed by atoms with van der Waals surface area (Å²) in [6, 6.07) is 0.643. The van der Waals surface area contributed by atoms with Crippen LogP contribution in [0.4, 0.5) is 0 Å². The van der Waals surface area contributed by atoms with Crippen molar-refractivity contribution in [1.82, 2.24) is 10.2 Å². The molecule has 0 aliphatic carbocycles. The van der Waals surface area contributed by atoms with E-state index in [1.165, 1.54) is 13.1 Å². The molecule has 0 spiro atoms. The molecule has 1 aliphatic heterocycles. The van der Waals surface area contributed by atoms with Crippen LogP contribution in [0.15, 0.2) is 12.7 Å². The lowest BCUT2D eigenvalue weighted by Crippen LogP contribution is -2.49. The van der Waals surface area contributed by atoms with Gasteiger partial charge in [0.2, 0.25) is 0 Å². The smallest absolute Gasteiger partial charge is 0.0128 e. The standard InChI is InChI=1S/C10H20N2/c1-4-9(2)10(3)12-7-5-11-6-8-12/h4,9-11H,1,5-8H2,2-3H3/t9?,10-/m1/s1. The van der Waals surface area contributed by atoms with Crippen LogP contribution in [-0.4, -0.2) is 37.1 Å². The number of hydrogen-bond donors (Lipinski definition) is 1. The van der Waals surface area contributed by atoms with E-state index in [0.29, 0.717) is 12.0 Å². The molecule has 1 fully saturated rings. The third kappa shape index (κ3) is 2.32. The quantitative estimate of drug-likeness (QED) is 0.635. The van der Waals surface area contributed by atoms with Gasteiger partial charge < -0.3 is 5.32 Å². The fourth-order valence-corrected chi connectivity index (χ4v) is 1.62. The minimum atomic E-state index is 0.600. The van der Waals surface area contributed by atoms with Gasteiger partial charge in [-0.2, -0.15) is 0 Å². The van der Waals surface area contributed by atoms with Crippen LogP contribution in [0, 0.1) is 5.92 Å². The lowest BCUT2D eigenvalue weighted by Gasteiger charge is -2.35. The largest absolute Gasteiger partial charge is 0.314 e. The van der Waals surface area contributed by atoms with Crippen molar-refractivity contribution in [2.75, 3.05) is 26.2 Å². The van der Waals surface area contributed by atoms with Gasteiger partial charge in [-0.3, -0.25) is 4.90 Å².